The summed E-state index contributed by atoms with van der Waals surface area (Å²) in [5.74, 6) is 0.405. The molecular weight excluding hydrogens is 180 g/mol. The molecule has 2 N–H and O–H groups in total. The van der Waals surface area contributed by atoms with Crippen LogP contribution in [-0.4, -0.2) is 17.7 Å². The van der Waals surface area contributed by atoms with Gasteiger partial charge in [0.1, 0.15) is 0 Å². The van der Waals surface area contributed by atoms with Crippen LogP contribution in [0, 0.1) is 0 Å². The lowest BCUT2D eigenvalue weighted by Gasteiger charge is -2.07. The summed E-state index contributed by atoms with van der Waals surface area (Å²) in [4.78, 5) is 11.6. The molecule has 0 spiro atoms. The second-order valence-corrected chi connectivity index (χ2v) is 3.01. The third kappa shape index (κ3) is 2.60. The lowest BCUT2D eigenvalue weighted by Crippen LogP contribution is -2.24. The fourth-order valence-corrected chi connectivity index (χ4v) is 1.15. The molecule has 1 heterocycles. The van der Waals surface area contributed by atoms with Gasteiger partial charge in [-0.05, 0) is 18.6 Å². The normalized spacial score (nSPS) is 10.1. The molecule has 14 heavy (non-hydrogen) atoms. The summed E-state index contributed by atoms with van der Waals surface area (Å²) < 4.78 is 6.86. The van der Waals surface area contributed by atoms with Crippen LogP contribution in [0.25, 0.3) is 0 Å². The van der Waals surface area contributed by atoms with Gasteiger partial charge in [-0.1, -0.05) is 6.92 Å². The minimum atomic E-state index is -0.105. The van der Waals surface area contributed by atoms with Gasteiger partial charge in [0.15, 0.2) is 5.75 Å². The number of pyridine rings is 1. The Hall–Kier alpha value is -1.29. The quantitative estimate of drug-likeness (QED) is 0.750. The van der Waals surface area contributed by atoms with Gasteiger partial charge in [-0.3, -0.25) is 4.79 Å². The molecule has 1 rings (SSSR count). The maximum Gasteiger partial charge on any atom is 0.292 e. The Balaban J connectivity index is 2.84. The number of nitrogens with two attached hydrogens (primary N) is 1. The fraction of sp³-hybridized carbons (Fsp3) is 0.500. The molecule has 0 aliphatic heterocycles. The Bertz CT molecular complexity index is 333. The molecular formula is C10H16N2O2. The SMILES string of the molecule is CCCOc1cccn(CCN)c1=O. The van der Waals surface area contributed by atoms with Gasteiger partial charge < -0.3 is 15.0 Å². The number of nitrogens with zero attached hydrogens (tertiary/aromatic N) is 1. The maximum atomic E-state index is 11.6. The van der Waals surface area contributed by atoms with Crippen molar-refractivity contribution >= 4 is 0 Å². The van der Waals surface area contributed by atoms with E-state index in [1.807, 2.05) is 6.92 Å². The molecule has 0 bridgehead atoms. The minimum Gasteiger partial charge on any atom is -0.488 e. The summed E-state index contributed by atoms with van der Waals surface area (Å²) in [6, 6.07) is 3.48. The van der Waals surface area contributed by atoms with Gasteiger partial charge in [0.05, 0.1) is 6.61 Å². The van der Waals surface area contributed by atoms with Gasteiger partial charge in [0.25, 0.3) is 5.56 Å². The van der Waals surface area contributed by atoms with Crippen LogP contribution in [0.15, 0.2) is 23.1 Å². The van der Waals surface area contributed by atoms with E-state index in [1.165, 1.54) is 0 Å². The van der Waals surface area contributed by atoms with E-state index < -0.39 is 0 Å². The van der Waals surface area contributed by atoms with Crippen molar-refractivity contribution in [3.8, 4) is 5.75 Å². The molecule has 0 saturated carbocycles. The van der Waals surface area contributed by atoms with E-state index in [9.17, 15) is 4.79 Å². The van der Waals surface area contributed by atoms with E-state index in [2.05, 4.69) is 0 Å². The van der Waals surface area contributed by atoms with E-state index >= 15 is 0 Å². The number of hydrogen-bond donors (Lipinski definition) is 1. The highest BCUT2D eigenvalue weighted by molar-refractivity contribution is 5.17. The Morgan fingerprint density at radius 3 is 3.00 bits per heavy atom. The summed E-state index contributed by atoms with van der Waals surface area (Å²) >= 11 is 0. The first-order valence-electron chi connectivity index (χ1n) is 4.82. The lowest BCUT2D eigenvalue weighted by molar-refractivity contribution is 0.310. The molecule has 0 aromatic carbocycles. The smallest absolute Gasteiger partial charge is 0.292 e. The zero-order chi connectivity index (χ0) is 10.4. The molecule has 0 unspecified atom stereocenters. The molecule has 4 nitrogen and oxygen atoms in total. The highest BCUT2D eigenvalue weighted by atomic mass is 16.5. The van der Waals surface area contributed by atoms with Crippen molar-refractivity contribution in [1.82, 2.24) is 4.57 Å². The average molecular weight is 196 g/mol. The predicted molar refractivity (Wildman–Crippen MR) is 55.5 cm³/mol. The zero-order valence-electron chi connectivity index (χ0n) is 8.40. The van der Waals surface area contributed by atoms with E-state index in [0.29, 0.717) is 25.4 Å². The summed E-state index contributed by atoms with van der Waals surface area (Å²) in [5.41, 5.74) is 5.27. The van der Waals surface area contributed by atoms with Gasteiger partial charge in [0.2, 0.25) is 0 Å². The first kappa shape index (κ1) is 10.8. The van der Waals surface area contributed by atoms with Gasteiger partial charge in [0, 0.05) is 19.3 Å². The Labute approximate surface area is 83.3 Å². The largest absolute Gasteiger partial charge is 0.488 e. The summed E-state index contributed by atoms with van der Waals surface area (Å²) in [6.45, 7) is 3.56. The number of ether oxygens (including phenoxy) is 1. The first-order chi connectivity index (χ1) is 6.79. The first-order valence-corrected chi connectivity index (χ1v) is 4.82. The van der Waals surface area contributed by atoms with Crippen molar-refractivity contribution < 1.29 is 4.74 Å². The second-order valence-electron chi connectivity index (χ2n) is 3.01. The summed E-state index contributed by atoms with van der Waals surface area (Å²) in [5, 5.41) is 0. The fourth-order valence-electron chi connectivity index (χ4n) is 1.15. The Kier molecular flexibility index (Phi) is 4.19. The molecule has 0 radical (unpaired) electrons. The highest BCUT2D eigenvalue weighted by Crippen LogP contribution is 2.01. The van der Waals surface area contributed by atoms with Crippen LogP contribution in [0.5, 0.6) is 5.75 Å². The van der Waals surface area contributed by atoms with E-state index in [-0.39, 0.29) is 5.56 Å². The van der Waals surface area contributed by atoms with E-state index in [0.717, 1.165) is 6.42 Å². The lowest BCUT2D eigenvalue weighted by atomic mass is 10.4. The van der Waals surface area contributed by atoms with Gasteiger partial charge in [-0.2, -0.15) is 0 Å². The molecule has 0 fully saturated rings. The summed E-state index contributed by atoms with van der Waals surface area (Å²) in [6.07, 6.45) is 2.61. The highest BCUT2D eigenvalue weighted by Gasteiger charge is 2.02. The Morgan fingerprint density at radius 1 is 1.57 bits per heavy atom. The monoisotopic (exact) mass is 196 g/mol. The molecule has 4 heteroatoms. The number of rotatable bonds is 5. The van der Waals surface area contributed by atoms with Gasteiger partial charge >= 0.3 is 0 Å². The molecule has 0 aliphatic carbocycles. The van der Waals surface area contributed by atoms with Crippen LogP contribution in [-0.2, 0) is 6.54 Å². The van der Waals surface area contributed by atoms with Crippen molar-refractivity contribution in [1.29, 1.82) is 0 Å². The maximum absolute atomic E-state index is 11.6. The van der Waals surface area contributed by atoms with Crippen LogP contribution in [0.1, 0.15) is 13.3 Å². The molecule has 1 aromatic rings. The topological polar surface area (TPSA) is 57.2 Å². The average Bonchev–Trinajstić information content (AvgIpc) is 2.20. The molecule has 0 amide bonds. The molecule has 0 aliphatic rings. The van der Waals surface area contributed by atoms with Crippen molar-refractivity contribution in [2.24, 2.45) is 5.73 Å². The van der Waals surface area contributed by atoms with Crippen LogP contribution in [0.2, 0.25) is 0 Å². The minimum absolute atomic E-state index is 0.105. The van der Waals surface area contributed by atoms with Crippen molar-refractivity contribution in [2.45, 2.75) is 19.9 Å². The van der Waals surface area contributed by atoms with Crippen LogP contribution in [0.3, 0.4) is 0 Å². The molecule has 1 aromatic heterocycles. The van der Waals surface area contributed by atoms with Crippen LogP contribution in [0.4, 0.5) is 0 Å². The predicted octanol–water partition coefficient (Wildman–Crippen LogP) is 0.596. The van der Waals surface area contributed by atoms with E-state index in [1.54, 1.807) is 22.9 Å². The van der Waals surface area contributed by atoms with Crippen molar-refractivity contribution in [3.05, 3.63) is 28.7 Å². The number of aromatic nitrogens is 1. The van der Waals surface area contributed by atoms with Crippen molar-refractivity contribution in [3.63, 3.8) is 0 Å². The van der Waals surface area contributed by atoms with Gasteiger partial charge in [-0.15, -0.1) is 0 Å². The third-order valence-electron chi connectivity index (χ3n) is 1.82. The molecule has 0 atom stereocenters. The second kappa shape index (κ2) is 5.44. The van der Waals surface area contributed by atoms with E-state index in [4.69, 9.17) is 10.5 Å². The van der Waals surface area contributed by atoms with Gasteiger partial charge in [-0.25, -0.2) is 0 Å². The van der Waals surface area contributed by atoms with Crippen LogP contribution >= 0.6 is 0 Å². The Morgan fingerprint density at radius 2 is 2.36 bits per heavy atom. The standard InChI is InChI=1S/C10H16N2O2/c1-2-8-14-9-4-3-6-12(7-5-11)10(9)13/h3-4,6H,2,5,7-8,11H2,1H3. The summed E-state index contributed by atoms with van der Waals surface area (Å²) in [7, 11) is 0. The molecule has 78 valence electrons. The van der Waals surface area contributed by atoms with Crippen LogP contribution < -0.4 is 16.0 Å². The number of hydrogen-bond acceptors (Lipinski definition) is 3. The molecule has 0 saturated heterocycles. The zero-order valence-corrected chi connectivity index (χ0v) is 8.40. The van der Waals surface area contributed by atoms with Crippen molar-refractivity contribution in [2.75, 3.05) is 13.2 Å². The third-order valence-corrected chi connectivity index (χ3v) is 1.82.